The number of aromatic nitrogens is 1. The van der Waals surface area contributed by atoms with Gasteiger partial charge in [0.2, 0.25) is 5.88 Å². The lowest BCUT2D eigenvalue weighted by Gasteiger charge is -2.13. The number of hydrogen-bond donors (Lipinski definition) is 3. The van der Waals surface area contributed by atoms with Crippen molar-refractivity contribution in [3.05, 3.63) is 23.5 Å². The summed E-state index contributed by atoms with van der Waals surface area (Å²) in [7, 11) is 0. The molecule has 0 amide bonds. The zero-order valence-corrected chi connectivity index (χ0v) is 8.14. The van der Waals surface area contributed by atoms with Gasteiger partial charge in [0.1, 0.15) is 6.10 Å². The Kier molecular flexibility index (Phi) is 3.12. The van der Waals surface area contributed by atoms with E-state index in [9.17, 15) is 5.21 Å². The van der Waals surface area contributed by atoms with Crippen molar-refractivity contribution in [1.82, 2.24) is 10.3 Å². The molecule has 2 rings (SSSR count). The standard InChI is InChI=1S/C9H13N3O3/c13-12(14)7-1-2-9(11-5-7)15-8-3-4-10-6-8/h1-2,5,8,10,12-13H,3-4,6H2/t8-/m1/s1. The van der Waals surface area contributed by atoms with E-state index >= 15 is 0 Å². The summed E-state index contributed by atoms with van der Waals surface area (Å²) in [6, 6.07) is 3.08. The molecule has 3 N–H and O–H groups in total. The first-order valence-corrected chi connectivity index (χ1v) is 4.82. The molecule has 1 aliphatic rings. The molecule has 2 atom stereocenters. The number of nitrogens with zero attached hydrogens (tertiary/aromatic N) is 1. The predicted octanol–water partition coefficient (Wildman–Crippen LogP) is -0.774. The van der Waals surface area contributed by atoms with Crippen LogP contribution in [0.4, 0.5) is 5.69 Å². The van der Waals surface area contributed by atoms with E-state index in [4.69, 9.17) is 9.94 Å². The molecule has 0 bridgehead atoms. The third-order valence-electron chi connectivity index (χ3n) is 2.29. The number of ether oxygens (including phenoxy) is 1. The fourth-order valence-corrected chi connectivity index (χ4v) is 1.48. The van der Waals surface area contributed by atoms with Crippen molar-refractivity contribution in [3.8, 4) is 5.88 Å². The normalized spacial score (nSPS) is 22.7. The van der Waals surface area contributed by atoms with Crippen molar-refractivity contribution in [2.45, 2.75) is 12.5 Å². The lowest BCUT2D eigenvalue weighted by atomic mass is 10.3. The fraction of sp³-hybridized carbons (Fsp3) is 0.444. The summed E-state index contributed by atoms with van der Waals surface area (Å²) in [5.74, 6) is 0.480. The van der Waals surface area contributed by atoms with Gasteiger partial charge in [0.25, 0.3) is 0 Å². The molecule has 1 fully saturated rings. The highest BCUT2D eigenvalue weighted by molar-refractivity contribution is 5.28. The molecular formula is C9H13N3O3. The van der Waals surface area contributed by atoms with E-state index in [1.54, 1.807) is 6.07 Å². The van der Waals surface area contributed by atoms with E-state index in [0.29, 0.717) is 5.88 Å². The molecule has 0 spiro atoms. The Balaban J connectivity index is 1.97. The summed E-state index contributed by atoms with van der Waals surface area (Å²) in [5, 5.41) is 21.4. The van der Waals surface area contributed by atoms with Crippen LogP contribution in [0.15, 0.2) is 18.3 Å². The lowest BCUT2D eigenvalue weighted by molar-refractivity contribution is -0.991. The molecular weight excluding hydrogens is 198 g/mol. The van der Waals surface area contributed by atoms with Crippen LogP contribution >= 0.6 is 0 Å². The Labute approximate surface area is 87.0 Å². The maximum atomic E-state index is 10.6. The number of quaternary nitrogens is 1. The second kappa shape index (κ2) is 4.54. The highest BCUT2D eigenvalue weighted by Gasteiger charge is 2.16. The Morgan fingerprint density at radius 2 is 2.47 bits per heavy atom. The van der Waals surface area contributed by atoms with E-state index in [0.717, 1.165) is 19.5 Å². The second-order valence-electron chi connectivity index (χ2n) is 3.42. The van der Waals surface area contributed by atoms with Gasteiger partial charge in [-0.3, -0.25) is 0 Å². The second-order valence-corrected chi connectivity index (χ2v) is 3.42. The SMILES string of the molecule is [O-][NH+](O)c1ccc(O[C@@H]2CCNC2)nc1. The van der Waals surface area contributed by atoms with Gasteiger partial charge in [0.05, 0.1) is 6.20 Å². The van der Waals surface area contributed by atoms with E-state index in [2.05, 4.69) is 10.3 Å². The Morgan fingerprint density at radius 1 is 1.60 bits per heavy atom. The molecule has 15 heavy (non-hydrogen) atoms. The molecule has 6 nitrogen and oxygen atoms in total. The largest absolute Gasteiger partial charge is 0.595 e. The van der Waals surface area contributed by atoms with Crippen LogP contribution in [0.25, 0.3) is 0 Å². The molecule has 6 heteroatoms. The zero-order valence-electron chi connectivity index (χ0n) is 8.14. The van der Waals surface area contributed by atoms with Gasteiger partial charge in [-0.05, 0) is 13.0 Å². The van der Waals surface area contributed by atoms with Crippen LogP contribution in [-0.4, -0.2) is 29.4 Å². The van der Waals surface area contributed by atoms with Crippen molar-refractivity contribution in [2.24, 2.45) is 0 Å². The highest BCUT2D eigenvalue weighted by Crippen LogP contribution is 2.12. The summed E-state index contributed by atoms with van der Waals surface area (Å²) in [4.78, 5) is 3.93. The van der Waals surface area contributed by atoms with Gasteiger partial charge in [-0.1, -0.05) is 0 Å². The van der Waals surface area contributed by atoms with Gasteiger partial charge in [-0.25, -0.2) is 10.2 Å². The van der Waals surface area contributed by atoms with Gasteiger partial charge in [-0.15, -0.1) is 0 Å². The predicted molar refractivity (Wildman–Crippen MR) is 51.9 cm³/mol. The number of pyridine rings is 1. The van der Waals surface area contributed by atoms with Crippen LogP contribution < -0.4 is 15.3 Å². The summed E-state index contributed by atoms with van der Waals surface area (Å²) in [6.45, 7) is 1.78. The number of hydrogen-bond acceptors (Lipinski definition) is 5. The van der Waals surface area contributed by atoms with E-state index in [1.807, 2.05) is 0 Å². The molecule has 0 radical (unpaired) electrons. The van der Waals surface area contributed by atoms with E-state index in [-0.39, 0.29) is 11.8 Å². The molecule has 82 valence electrons. The third kappa shape index (κ3) is 2.63. The first kappa shape index (κ1) is 10.3. The van der Waals surface area contributed by atoms with Gasteiger partial charge < -0.3 is 15.3 Å². The molecule has 1 aliphatic heterocycles. The van der Waals surface area contributed by atoms with Crippen LogP contribution in [0.1, 0.15) is 6.42 Å². The van der Waals surface area contributed by atoms with Crippen molar-refractivity contribution in [2.75, 3.05) is 13.1 Å². The quantitative estimate of drug-likeness (QED) is 0.572. The fourth-order valence-electron chi connectivity index (χ4n) is 1.48. The summed E-state index contributed by atoms with van der Waals surface area (Å²) < 4.78 is 5.54. The Bertz CT molecular complexity index is 309. The first-order valence-electron chi connectivity index (χ1n) is 4.82. The maximum absolute atomic E-state index is 10.6. The highest BCUT2D eigenvalue weighted by atomic mass is 16.8. The van der Waals surface area contributed by atoms with Crippen molar-refractivity contribution in [1.29, 1.82) is 0 Å². The van der Waals surface area contributed by atoms with Crippen LogP contribution in [0, 0.1) is 5.21 Å². The molecule has 1 unspecified atom stereocenters. The molecule has 0 aliphatic carbocycles. The van der Waals surface area contributed by atoms with Crippen LogP contribution in [0.3, 0.4) is 0 Å². The Morgan fingerprint density at radius 3 is 3.00 bits per heavy atom. The monoisotopic (exact) mass is 211 g/mol. The minimum Gasteiger partial charge on any atom is -0.595 e. The molecule has 1 aromatic heterocycles. The average molecular weight is 211 g/mol. The van der Waals surface area contributed by atoms with Crippen molar-refractivity contribution >= 4 is 5.69 Å². The smallest absolute Gasteiger partial charge is 0.213 e. The van der Waals surface area contributed by atoms with Crippen LogP contribution in [-0.2, 0) is 0 Å². The molecule has 1 saturated heterocycles. The third-order valence-corrected chi connectivity index (χ3v) is 2.29. The number of rotatable bonds is 3. The van der Waals surface area contributed by atoms with Crippen molar-refractivity contribution in [3.63, 3.8) is 0 Å². The molecule has 0 aromatic carbocycles. The first-order chi connectivity index (χ1) is 7.25. The zero-order chi connectivity index (χ0) is 10.7. The maximum Gasteiger partial charge on any atom is 0.213 e. The van der Waals surface area contributed by atoms with Gasteiger partial charge >= 0.3 is 0 Å². The van der Waals surface area contributed by atoms with E-state index in [1.165, 1.54) is 12.3 Å². The average Bonchev–Trinajstić information content (AvgIpc) is 2.71. The van der Waals surface area contributed by atoms with Gasteiger partial charge in [-0.2, -0.15) is 5.23 Å². The van der Waals surface area contributed by atoms with E-state index < -0.39 is 5.23 Å². The lowest BCUT2D eigenvalue weighted by Crippen LogP contribution is -2.99. The number of nitrogens with one attached hydrogen (secondary N) is 2. The summed E-state index contributed by atoms with van der Waals surface area (Å²) in [6.07, 6.45) is 2.41. The van der Waals surface area contributed by atoms with Gasteiger partial charge in [0.15, 0.2) is 5.69 Å². The molecule has 2 heterocycles. The molecule has 0 saturated carbocycles. The summed E-state index contributed by atoms with van der Waals surface area (Å²) >= 11 is 0. The van der Waals surface area contributed by atoms with Crippen LogP contribution in [0.2, 0.25) is 0 Å². The Hall–Kier alpha value is -1.21. The van der Waals surface area contributed by atoms with Gasteiger partial charge in [0, 0.05) is 18.7 Å². The molecule has 1 aromatic rings. The summed E-state index contributed by atoms with van der Waals surface area (Å²) in [5.41, 5.74) is 0.173. The topological polar surface area (TPSA) is 81.9 Å². The van der Waals surface area contributed by atoms with Crippen molar-refractivity contribution < 1.29 is 15.2 Å². The minimum absolute atomic E-state index is 0.146. The van der Waals surface area contributed by atoms with Crippen LogP contribution in [0.5, 0.6) is 5.88 Å². The minimum atomic E-state index is -0.975.